The van der Waals surface area contributed by atoms with Crippen LogP contribution >= 0.6 is 0 Å². The van der Waals surface area contributed by atoms with Crippen molar-refractivity contribution < 1.29 is 14.4 Å². The molecular formula is C10H13FN4O2. The summed E-state index contributed by atoms with van der Waals surface area (Å²) in [4.78, 5) is 11.4. The van der Waals surface area contributed by atoms with Gasteiger partial charge in [-0.3, -0.25) is 0 Å². The van der Waals surface area contributed by atoms with Gasteiger partial charge in [0.25, 0.3) is 0 Å². The molecule has 92 valence electrons. The third-order valence-electron chi connectivity index (χ3n) is 2.01. The highest BCUT2D eigenvalue weighted by Crippen LogP contribution is 2.07. The monoisotopic (exact) mass is 240 g/mol. The maximum Gasteiger partial charge on any atom is 0.319 e. The third kappa shape index (κ3) is 3.98. The van der Waals surface area contributed by atoms with Crippen LogP contribution in [-0.4, -0.2) is 23.1 Å². The Morgan fingerprint density at radius 1 is 1.47 bits per heavy atom. The molecule has 2 amide bonds. The van der Waals surface area contributed by atoms with Gasteiger partial charge in [-0.15, -0.1) is 0 Å². The fourth-order valence-electron chi connectivity index (χ4n) is 1.06. The zero-order chi connectivity index (χ0) is 12.8. The standard InChI is InChI=1S/C10H13FN4O2/c1-6(9(12)15-17)13-10(16)14-8-4-2-7(11)3-5-8/h2-6,17H,1H3,(H2,12,15)(H2,13,14,16). The molecular weight excluding hydrogens is 227 g/mol. The second-order valence-electron chi connectivity index (χ2n) is 3.35. The van der Waals surface area contributed by atoms with Crippen LogP contribution in [0, 0.1) is 5.82 Å². The lowest BCUT2D eigenvalue weighted by Crippen LogP contribution is -2.44. The molecule has 0 aliphatic rings. The smallest absolute Gasteiger partial charge is 0.319 e. The van der Waals surface area contributed by atoms with Gasteiger partial charge in [-0.1, -0.05) is 5.16 Å². The van der Waals surface area contributed by atoms with E-state index in [1.807, 2.05) is 0 Å². The molecule has 0 heterocycles. The predicted octanol–water partition coefficient (Wildman–Crippen LogP) is 1.08. The van der Waals surface area contributed by atoms with Crippen molar-refractivity contribution in [3.8, 4) is 0 Å². The number of rotatable bonds is 3. The van der Waals surface area contributed by atoms with E-state index in [1.54, 1.807) is 6.92 Å². The molecule has 0 saturated heterocycles. The van der Waals surface area contributed by atoms with E-state index < -0.39 is 12.1 Å². The summed E-state index contributed by atoms with van der Waals surface area (Å²) in [7, 11) is 0. The quantitative estimate of drug-likeness (QED) is 0.275. The van der Waals surface area contributed by atoms with Gasteiger partial charge in [-0.25, -0.2) is 9.18 Å². The minimum atomic E-state index is -0.611. The number of nitrogens with one attached hydrogen (secondary N) is 2. The minimum absolute atomic E-state index is 0.112. The highest BCUT2D eigenvalue weighted by Gasteiger charge is 2.10. The molecule has 5 N–H and O–H groups in total. The normalized spacial score (nSPS) is 12.9. The molecule has 0 bridgehead atoms. The number of urea groups is 1. The molecule has 17 heavy (non-hydrogen) atoms. The maximum absolute atomic E-state index is 12.6. The predicted molar refractivity (Wildman–Crippen MR) is 61.4 cm³/mol. The fourth-order valence-corrected chi connectivity index (χ4v) is 1.06. The molecule has 7 heteroatoms. The van der Waals surface area contributed by atoms with Crippen LogP contribution in [0.4, 0.5) is 14.9 Å². The molecule has 0 aliphatic carbocycles. The largest absolute Gasteiger partial charge is 0.409 e. The Bertz CT molecular complexity index is 419. The van der Waals surface area contributed by atoms with Gasteiger partial charge in [0.15, 0.2) is 5.84 Å². The van der Waals surface area contributed by atoms with Gasteiger partial charge in [0.1, 0.15) is 5.82 Å². The van der Waals surface area contributed by atoms with E-state index in [4.69, 9.17) is 10.9 Å². The van der Waals surface area contributed by atoms with Crippen LogP contribution in [0.5, 0.6) is 0 Å². The molecule has 1 aromatic rings. The minimum Gasteiger partial charge on any atom is -0.409 e. The second-order valence-corrected chi connectivity index (χ2v) is 3.35. The van der Waals surface area contributed by atoms with Gasteiger partial charge in [-0.2, -0.15) is 0 Å². The number of amides is 2. The van der Waals surface area contributed by atoms with E-state index in [-0.39, 0.29) is 11.7 Å². The molecule has 0 aliphatic heterocycles. The lowest BCUT2D eigenvalue weighted by molar-refractivity contribution is 0.251. The summed E-state index contributed by atoms with van der Waals surface area (Å²) in [6.07, 6.45) is 0. The number of anilines is 1. The summed E-state index contributed by atoms with van der Waals surface area (Å²) >= 11 is 0. The van der Waals surface area contributed by atoms with Gasteiger partial charge in [0, 0.05) is 5.69 Å². The number of carbonyl (C=O) groups excluding carboxylic acids is 1. The van der Waals surface area contributed by atoms with Crippen LogP contribution in [0.25, 0.3) is 0 Å². The van der Waals surface area contributed by atoms with Gasteiger partial charge < -0.3 is 21.6 Å². The number of oxime groups is 1. The van der Waals surface area contributed by atoms with E-state index in [0.29, 0.717) is 5.69 Å². The van der Waals surface area contributed by atoms with Crippen molar-refractivity contribution in [1.29, 1.82) is 0 Å². The van der Waals surface area contributed by atoms with Crippen LogP contribution in [0.3, 0.4) is 0 Å². The zero-order valence-electron chi connectivity index (χ0n) is 9.14. The number of benzene rings is 1. The van der Waals surface area contributed by atoms with Crippen molar-refractivity contribution in [3.63, 3.8) is 0 Å². The summed E-state index contributed by atoms with van der Waals surface area (Å²) in [6, 6.07) is 4.15. The number of carbonyl (C=O) groups is 1. The second kappa shape index (κ2) is 5.69. The van der Waals surface area contributed by atoms with Gasteiger partial charge in [-0.05, 0) is 31.2 Å². The lowest BCUT2D eigenvalue weighted by Gasteiger charge is -2.12. The summed E-state index contributed by atoms with van der Waals surface area (Å²) in [6.45, 7) is 1.55. The van der Waals surface area contributed by atoms with Crippen molar-refractivity contribution in [2.24, 2.45) is 10.9 Å². The van der Waals surface area contributed by atoms with Gasteiger partial charge >= 0.3 is 6.03 Å². The Kier molecular flexibility index (Phi) is 4.27. The molecule has 0 fully saturated rings. The average Bonchev–Trinajstić information content (AvgIpc) is 2.30. The van der Waals surface area contributed by atoms with Crippen LogP contribution in [0.1, 0.15) is 6.92 Å². The van der Waals surface area contributed by atoms with Crippen LogP contribution in [0.15, 0.2) is 29.4 Å². The first kappa shape index (κ1) is 12.8. The Balaban J connectivity index is 2.53. The highest BCUT2D eigenvalue weighted by atomic mass is 19.1. The molecule has 0 radical (unpaired) electrons. The SMILES string of the molecule is CC(NC(=O)Nc1ccc(F)cc1)/C(N)=N/O. The number of hydrogen-bond acceptors (Lipinski definition) is 3. The Morgan fingerprint density at radius 3 is 2.59 bits per heavy atom. The Morgan fingerprint density at radius 2 is 2.06 bits per heavy atom. The number of nitrogens with zero attached hydrogens (tertiary/aromatic N) is 1. The Hall–Kier alpha value is -2.31. The molecule has 0 spiro atoms. The number of nitrogens with two attached hydrogens (primary N) is 1. The molecule has 0 aromatic heterocycles. The highest BCUT2D eigenvalue weighted by molar-refractivity contribution is 5.94. The molecule has 1 rings (SSSR count). The number of halogens is 1. The van der Waals surface area contributed by atoms with Crippen LogP contribution in [0.2, 0.25) is 0 Å². The maximum atomic E-state index is 12.6. The van der Waals surface area contributed by atoms with Crippen molar-refractivity contribution in [2.45, 2.75) is 13.0 Å². The fraction of sp³-hybridized carbons (Fsp3) is 0.200. The first-order chi connectivity index (χ1) is 8.02. The van der Waals surface area contributed by atoms with E-state index in [0.717, 1.165) is 0 Å². The Labute approximate surface area is 97.3 Å². The van der Waals surface area contributed by atoms with Crippen LogP contribution in [-0.2, 0) is 0 Å². The van der Waals surface area contributed by atoms with Gasteiger partial charge in [0.2, 0.25) is 0 Å². The van der Waals surface area contributed by atoms with Gasteiger partial charge in [0.05, 0.1) is 6.04 Å². The topological polar surface area (TPSA) is 99.7 Å². The summed E-state index contributed by atoms with van der Waals surface area (Å²) in [5, 5.41) is 16.1. The first-order valence-electron chi connectivity index (χ1n) is 4.83. The first-order valence-corrected chi connectivity index (χ1v) is 4.83. The summed E-state index contributed by atoms with van der Waals surface area (Å²) in [5.41, 5.74) is 5.73. The molecule has 1 aromatic carbocycles. The number of amidine groups is 1. The molecule has 0 saturated carbocycles. The molecule has 1 unspecified atom stereocenters. The molecule has 1 atom stereocenters. The zero-order valence-corrected chi connectivity index (χ0v) is 9.14. The molecule has 6 nitrogen and oxygen atoms in total. The van der Waals surface area contributed by atoms with Crippen LogP contribution < -0.4 is 16.4 Å². The van der Waals surface area contributed by atoms with E-state index >= 15 is 0 Å². The van der Waals surface area contributed by atoms with Crippen molar-refractivity contribution in [3.05, 3.63) is 30.1 Å². The van der Waals surface area contributed by atoms with E-state index in [1.165, 1.54) is 24.3 Å². The van der Waals surface area contributed by atoms with Crippen molar-refractivity contribution >= 4 is 17.6 Å². The van der Waals surface area contributed by atoms with E-state index in [2.05, 4.69) is 15.8 Å². The van der Waals surface area contributed by atoms with Crippen molar-refractivity contribution in [1.82, 2.24) is 5.32 Å². The number of hydrogen-bond donors (Lipinski definition) is 4. The average molecular weight is 240 g/mol. The van der Waals surface area contributed by atoms with E-state index in [9.17, 15) is 9.18 Å². The lowest BCUT2D eigenvalue weighted by atomic mass is 10.3. The van der Waals surface area contributed by atoms with Crippen molar-refractivity contribution in [2.75, 3.05) is 5.32 Å². The third-order valence-corrected chi connectivity index (χ3v) is 2.01. The summed E-state index contributed by atoms with van der Waals surface area (Å²) in [5.74, 6) is -0.500. The summed E-state index contributed by atoms with van der Waals surface area (Å²) < 4.78 is 12.6.